The maximum absolute atomic E-state index is 12.6. The molecule has 4 heteroatoms. The van der Waals surface area contributed by atoms with Crippen molar-refractivity contribution in [3.05, 3.63) is 64.7 Å². The zero-order valence-electron chi connectivity index (χ0n) is 15.2. The van der Waals surface area contributed by atoms with Gasteiger partial charge in [0.2, 0.25) is 0 Å². The fourth-order valence-corrected chi connectivity index (χ4v) is 3.43. The lowest BCUT2D eigenvalue weighted by atomic mass is 10.0. The molecular formula is C21H26N2O2. The van der Waals surface area contributed by atoms with E-state index in [0.29, 0.717) is 6.54 Å². The molecule has 1 N–H and O–H groups in total. The van der Waals surface area contributed by atoms with Crippen LogP contribution in [0.15, 0.2) is 42.5 Å². The van der Waals surface area contributed by atoms with Crippen LogP contribution in [0.4, 0.5) is 0 Å². The van der Waals surface area contributed by atoms with Gasteiger partial charge >= 0.3 is 0 Å². The molecule has 4 nitrogen and oxygen atoms in total. The minimum atomic E-state index is -0.00457. The SMILES string of the molecule is COc1ccc([C@@H](CNC(=O)c2ccc3c(c2)CCC3)N(C)C)cc1. The molecule has 1 atom stereocenters. The average molecular weight is 338 g/mol. The summed E-state index contributed by atoms with van der Waals surface area (Å²) >= 11 is 0. The van der Waals surface area contributed by atoms with E-state index in [1.807, 2.05) is 44.4 Å². The van der Waals surface area contributed by atoms with Gasteiger partial charge in [-0.25, -0.2) is 0 Å². The van der Waals surface area contributed by atoms with Gasteiger partial charge in [-0.3, -0.25) is 4.79 Å². The Balaban J connectivity index is 1.67. The number of hydrogen-bond donors (Lipinski definition) is 1. The summed E-state index contributed by atoms with van der Waals surface area (Å²) in [6.45, 7) is 0.565. The molecule has 25 heavy (non-hydrogen) atoms. The van der Waals surface area contributed by atoms with Crippen molar-refractivity contribution < 1.29 is 9.53 Å². The molecular weight excluding hydrogens is 312 g/mol. The molecule has 0 aromatic heterocycles. The third kappa shape index (κ3) is 4.02. The summed E-state index contributed by atoms with van der Waals surface area (Å²) in [4.78, 5) is 14.7. The van der Waals surface area contributed by atoms with E-state index in [0.717, 1.165) is 29.7 Å². The number of nitrogens with zero attached hydrogens (tertiary/aromatic N) is 1. The number of fused-ring (bicyclic) bond motifs is 1. The molecule has 0 aliphatic heterocycles. The second-order valence-corrected chi connectivity index (χ2v) is 6.80. The summed E-state index contributed by atoms with van der Waals surface area (Å²) in [7, 11) is 5.71. The van der Waals surface area contributed by atoms with Crippen LogP contribution in [0.2, 0.25) is 0 Å². The van der Waals surface area contributed by atoms with Crippen LogP contribution in [-0.2, 0) is 12.8 Å². The quantitative estimate of drug-likeness (QED) is 0.879. The minimum Gasteiger partial charge on any atom is -0.497 e. The van der Waals surface area contributed by atoms with E-state index in [2.05, 4.69) is 22.3 Å². The second kappa shape index (κ2) is 7.70. The lowest BCUT2D eigenvalue weighted by Crippen LogP contribution is -2.34. The number of benzene rings is 2. The Morgan fingerprint density at radius 1 is 1.12 bits per heavy atom. The first kappa shape index (κ1) is 17.5. The van der Waals surface area contributed by atoms with Gasteiger partial charge < -0.3 is 15.0 Å². The number of carbonyl (C=O) groups is 1. The minimum absolute atomic E-state index is 0.00457. The van der Waals surface area contributed by atoms with Crippen LogP contribution in [0.1, 0.15) is 39.5 Å². The number of nitrogens with one attached hydrogen (secondary N) is 1. The van der Waals surface area contributed by atoms with Gasteiger partial charge in [0.1, 0.15) is 5.75 Å². The summed E-state index contributed by atoms with van der Waals surface area (Å²) in [6.07, 6.45) is 3.42. The molecule has 0 unspecified atom stereocenters. The number of carbonyl (C=O) groups excluding carboxylic acids is 1. The number of rotatable bonds is 6. The Hall–Kier alpha value is -2.33. The highest BCUT2D eigenvalue weighted by molar-refractivity contribution is 5.94. The highest BCUT2D eigenvalue weighted by atomic mass is 16.5. The zero-order chi connectivity index (χ0) is 17.8. The van der Waals surface area contributed by atoms with Crippen molar-refractivity contribution in [1.29, 1.82) is 0 Å². The van der Waals surface area contributed by atoms with Crippen LogP contribution in [-0.4, -0.2) is 38.6 Å². The number of methoxy groups -OCH3 is 1. The van der Waals surface area contributed by atoms with Gasteiger partial charge in [0, 0.05) is 12.1 Å². The first-order chi connectivity index (χ1) is 12.1. The van der Waals surface area contributed by atoms with Gasteiger partial charge in [-0.1, -0.05) is 18.2 Å². The fourth-order valence-electron chi connectivity index (χ4n) is 3.43. The third-order valence-electron chi connectivity index (χ3n) is 4.94. The molecule has 0 saturated carbocycles. The molecule has 0 spiro atoms. The van der Waals surface area contributed by atoms with Crippen molar-refractivity contribution in [2.24, 2.45) is 0 Å². The lowest BCUT2D eigenvalue weighted by Gasteiger charge is -2.25. The van der Waals surface area contributed by atoms with Crippen LogP contribution >= 0.6 is 0 Å². The van der Waals surface area contributed by atoms with Crippen molar-refractivity contribution in [3.63, 3.8) is 0 Å². The van der Waals surface area contributed by atoms with Gasteiger partial charge in [0.25, 0.3) is 5.91 Å². The average Bonchev–Trinajstić information content (AvgIpc) is 3.09. The summed E-state index contributed by atoms with van der Waals surface area (Å²) < 4.78 is 5.22. The van der Waals surface area contributed by atoms with Crippen LogP contribution in [0.3, 0.4) is 0 Å². The Labute approximate surface area is 149 Å². The van der Waals surface area contributed by atoms with E-state index in [-0.39, 0.29) is 11.9 Å². The molecule has 0 saturated heterocycles. The molecule has 132 valence electrons. The zero-order valence-corrected chi connectivity index (χ0v) is 15.2. The maximum atomic E-state index is 12.6. The topological polar surface area (TPSA) is 41.6 Å². The van der Waals surface area contributed by atoms with Crippen molar-refractivity contribution >= 4 is 5.91 Å². The Kier molecular flexibility index (Phi) is 5.39. The molecule has 3 rings (SSSR count). The molecule has 0 bridgehead atoms. The van der Waals surface area contributed by atoms with E-state index in [1.54, 1.807) is 7.11 Å². The normalized spacial score (nSPS) is 14.2. The first-order valence-electron chi connectivity index (χ1n) is 8.79. The summed E-state index contributed by atoms with van der Waals surface area (Å²) in [5, 5.41) is 3.09. The largest absolute Gasteiger partial charge is 0.497 e. The highest BCUT2D eigenvalue weighted by Gasteiger charge is 2.17. The smallest absolute Gasteiger partial charge is 0.251 e. The second-order valence-electron chi connectivity index (χ2n) is 6.80. The van der Waals surface area contributed by atoms with Crippen molar-refractivity contribution in [1.82, 2.24) is 10.2 Å². The van der Waals surface area contributed by atoms with Crippen LogP contribution in [0.5, 0.6) is 5.75 Å². The molecule has 1 aliphatic rings. The molecule has 0 fully saturated rings. The summed E-state index contributed by atoms with van der Waals surface area (Å²) in [5.41, 5.74) is 4.63. The number of amides is 1. The van der Waals surface area contributed by atoms with Crippen LogP contribution < -0.4 is 10.1 Å². The molecule has 0 heterocycles. The molecule has 2 aromatic carbocycles. The number of ether oxygens (including phenoxy) is 1. The Bertz CT molecular complexity index is 738. The molecule has 1 aliphatic carbocycles. The third-order valence-corrected chi connectivity index (χ3v) is 4.94. The van der Waals surface area contributed by atoms with Gasteiger partial charge in [-0.15, -0.1) is 0 Å². The first-order valence-corrected chi connectivity index (χ1v) is 8.79. The predicted molar refractivity (Wildman–Crippen MR) is 100 cm³/mol. The lowest BCUT2D eigenvalue weighted by molar-refractivity contribution is 0.0942. The van der Waals surface area contributed by atoms with Crippen molar-refractivity contribution in [3.8, 4) is 5.75 Å². The molecule has 0 radical (unpaired) electrons. The van der Waals surface area contributed by atoms with E-state index in [4.69, 9.17) is 4.74 Å². The maximum Gasteiger partial charge on any atom is 0.251 e. The standard InChI is InChI=1S/C21H26N2O2/c1-23(2)20(16-9-11-19(25-3)12-10-16)14-22-21(24)18-8-7-15-5-4-6-17(15)13-18/h7-13,20H,4-6,14H2,1-3H3,(H,22,24)/t20-/m1/s1. The summed E-state index contributed by atoms with van der Waals surface area (Å²) in [6, 6.07) is 14.2. The van der Waals surface area contributed by atoms with Gasteiger partial charge in [0.15, 0.2) is 0 Å². The van der Waals surface area contributed by atoms with Gasteiger partial charge in [-0.2, -0.15) is 0 Å². The monoisotopic (exact) mass is 338 g/mol. The van der Waals surface area contributed by atoms with E-state index >= 15 is 0 Å². The number of aryl methyl sites for hydroxylation is 2. The van der Waals surface area contributed by atoms with E-state index in [9.17, 15) is 4.79 Å². The highest BCUT2D eigenvalue weighted by Crippen LogP contribution is 2.23. The molecule has 2 aromatic rings. The Morgan fingerprint density at radius 2 is 1.84 bits per heavy atom. The summed E-state index contributed by atoms with van der Waals surface area (Å²) in [5.74, 6) is 0.832. The van der Waals surface area contributed by atoms with Crippen molar-refractivity contribution in [2.75, 3.05) is 27.7 Å². The van der Waals surface area contributed by atoms with Crippen LogP contribution in [0, 0.1) is 0 Å². The van der Waals surface area contributed by atoms with Gasteiger partial charge in [0.05, 0.1) is 13.2 Å². The van der Waals surface area contributed by atoms with E-state index in [1.165, 1.54) is 17.5 Å². The van der Waals surface area contributed by atoms with Gasteiger partial charge in [-0.05, 0) is 74.3 Å². The van der Waals surface area contributed by atoms with Crippen molar-refractivity contribution in [2.45, 2.75) is 25.3 Å². The van der Waals surface area contributed by atoms with Crippen LogP contribution in [0.25, 0.3) is 0 Å². The molecule has 1 amide bonds. The Morgan fingerprint density at radius 3 is 2.52 bits per heavy atom. The number of hydrogen-bond acceptors (Lipinski definition) is 3. The number of likely N-dealkylation sites (N-methyl/N-ethyl adjacent to an activating group) is 1. The predicted octanol–water partition coefficient (Wildman–Crippen LogP) is 3.22. The van der Waals surface area contributed by atoms with E-state index < -0.39 is 0 Å². The fraction of sp³-hybridized carbons (Fsp3) is 0.381.